The van der Waals surface area contributed by atoms with Gasteiger partial charge in [0.2, 0.25) is 15.9 Å². The maximum absolute atomic E-state index is 13.4. The largest absolute Gasteiger partial charge is 0.324 e. The first-order valence-electron chi connectivity index (χ1n) is 9.94. The maximum Gasteiger partial charge on any atom is 0.244 e. The Balaban J connectivity index is 1.91. The average Bonchev–Trinajstić information content (AvgIpc) is 2.70. The van der Waals surface area contributed by atoms with Crippen molar-refractivity contribution in [3.05, 3.63) is 65.5 Å². The van der Waals surface area contributed by atoms with E-state index in [0.29, 0.717) is 11.8 Å². The summed E-state index contributed by atoms with van der Waals surface area (Å²) in [7, 11) is -3.86. The topological polar surface area (TPSA) is 79.4 Å². The number of nitrogens with zero attached hydrogens (tertiary/aromatic N) is 2. The molecule has 0 unspecified atom stereocenters. The molecule has 0 atom stereocenters. The van der Waals surface area contributed by atoms with Gasteiger partial charge in [-0.1, -0.05) is 36.8 Å². The van der Waals surface area contributed by atoms with Gasteiger partial charge in [-0.15, -0.1) is 0 Å². The highest BCUT2D eigenvalue weighted by molar-refractivity contribution is 7.89. The van der Waals surface area contributed by atoms with E-state index in [1.165, 1.54) is 4.31 Å². The van der Waals surface area contributed by atoms with Gasteiger partial charge in [0.1, 0.15) is 0 Å². The number of rotatable bonds is 7. The molecule has 2 aromatic carbocycles. The number of sulfonamides is 1. The van der Waals surface area contributed by atoms with E-state index in [1.54, 1.807) is 30.6 Å². The second-order valence-electron chi connectivity index (χ2n) is 7.51. The number of aromatic nitrogens is 1. The van der Waals surface area contributed by atoms with Gasteiger partial charge in [0.05, 0.1) is 11.4 Å². The molecule has 0 bridgehead atoms. The first kappa shape index (κ1) is 21.9. The first-order valence-corrected chi connectivity index (χ1v) is 11.4. The molecular formula is C23H27N3O3S. The summed E-state index contributed by atoms with van der Waals surface area (Å²) in [5.74, 6) is -0.357. The fraction of sp³-hybridized carbons (Fsp3) is 0.304. The summed E-state index contributed by atoms with van der Waals surface area (Å²) in [5.41, 5.74) is 3.75. The molecule has 7 heteroatoms. The van der Waals surface area contributed by atoms with Gasteiger partial charge in [-0.2, -0.15) is 4.31 Å². The lowest BCUT2D eigenvalue weighted by atomic mass is 10.1. The Morgan fingerprint density at radius 3 is 2.47 bits per heavy atom. The second-order valence-corrected chi connectivity index (χ2v) is 9.42. The van der Waals surface area contributed by atoms with Crippen LogP contribution in [0.3, 0.4) is 0 Å². The summed E-state index contributed by atoms with van der Waals surface area (Å²) in [6, 6.07) is 10.8. The number of carbonyl (C=O) groups is 1. The smallest absolute Gasteiger partial charge is 0.244 e. The van der Waals surface area contributed by atoms with Crippen LogP contribution in [0.5, 0.6) is 0 Å². The Kier molecular flexibility index (Phi) is 6.53. The van der Waals surface area contributed by atoms with Crippen molar-refractivity contribution in [2.75, 3.05) is 18.4 Å². The van der Waals surface area contributed by atoms with Crippen LogP contribution in [0.1, 0.15) is 30.0 Å². The molecule has 158 valence electrons. The van der Waals surface area contributed by atoms with Crippen molar-refractivity contribution < 1.29 is 13.2 Å². The molecule has 0 spiro atoms. The molecule has 1 aromatic heterocycles. The van der Waals surface area contributed by atoms with Gasteiger partial charge in [0.25, 0.3) is 0 Å². The highest BCUT2D eigenvalue weighted by atomic mass is 32.2. The number of carbonyl (C=O) groups excluding carboxylic acids is 1. The van der Waals surface area contributed by atoms with Crippen LogP contribution in [0.2, 0.25) is 0 Å². The third-order valence-electron chi connectivity index (χ3n) is 4.99. The minimum absolute atomic E-state index is 0.186. The fourth-order valence-electron chi connectivity index (χ4n) is 3.71. The monoisotopic (exact) mass is 425 g/mol. The van der Waals surface area contributed by atoms with Crippen LogP contribution in [0.25, 0.3) is 10.8 Å². The SMILES string of the molecule is CCCN(CC(=O)Nc1c(C)cc(C)cc1C)S(=O)(=O)c1cccc2cnccc12. The normalized spacial score (nSPS) is 11.8. The number of fused-ring (bicyclic) bond motifs is 1. The quantitative estimate of drug-likeness (QED) is 0.615. The molecule has 1 heterocycles. The molecule has 0 aliphatic rings. The lowest BCUT2D eigenvalue weighted by Crippen LogP contribution is -2.38. The van der Waals surface area contributed by atoms with Crippen LogP contribution < -0.4 is 5.32 Å². The molecule has 0 aliphatic heterocycles. The Morgan fingerprint density at radius 2 is 1.80 bits per heavy atom. The van der Waals surface area contributed by atoms with E-state index in [-0.39, 0.29) is 23.9 Å². The highest BCUT2D eigenvalue weighted by Gasteiger charge is 2.28. The molecule has 1 N–H and O–H groups in total. The number of amides is 1. The Hall–Kier alpha value is -2.77. The minimum atomic E-state index is -3.86. The zero-order valence-corrected chi connectivity index (χ0v) is 18.6. The predicted octanol–water partition coefficient (Wildman–Crippen LogP) is 4.20. The summed E-state index contributed by atoms with van der Waals surface area (Å²) in [5, 5.41) is 4.24. The van der Waals surface area contributed by atoms with Crippen LogP contribution >= 0.6 is 0 Å². The van der Waals surface area contributed by atoms with Crippen molar-refractivity contribution in [1.82, 2.24) is 9.29 Å². The van der Waals surface area contributed by atoms with Gasteiger partial charge in [0, 0.05) is 35.4 Å². The van der Waals surface area contributed by atoms with Crippen molar-refractivity contribution in [2.45, 2.75) is 39.0 Å². The number of nitrogens with one attached hydrogen (secondary N) is 1. The number of hydrogen-bond acceptors (Lipinski definition) is 4. The van der Waals surface area contributed by atoms with Crippen molar-refractivity contribution in [3.8, 4) is 0 Å². The van der Waals surface area contributed by atoms with E-state index >= 15 is 0 Å². The molecule has 0 radical (unpaired) electrons. The minimum Gasteiger partial charge on any atom is -0.324 e. The molecule has 0 saturated carbocycles. The Morgan fingerprint density at radius 1 is 1.10 bits per heavy atom. The van der Waals surface area contributed by atoms with Crippen molar-refractivity contribution in [2.24, 2.45) is 0 Å². The van der Waals surface area contributed by atoms with Crippen LogP contribution in [-0.2, 0) is 14.8 Å². The van der Waals surface area contributed by atoms with Gasteiger partial charge in [-0.3, -0.25) is 9.78 Å². The van der Waals surface area contributed by atoms with Crippen LogP contribution in [-0.4, -0.2) is 36.7 Å². The molecule has 3 rings (SSSR count). The molecule has 30 heavy (non-hydrogen) atoms. The number of hydrogen-bond donors (Lipinski definition) is 1. The first-order chi connectivity index (χ1) is 14.2. The van der Waals surface area contributed by atoms with Crippen molar-refractivity contribution in [1.29, 1.82) is 0 Å². The van der Waals surface area contributed by atoms with E-state index in [9.17, 15) is 13.2 Å². The van der Waals surface area contributed by atoms with E-state index in [1.807, 2.05) is 45.9 Å². The van der Waals surface area contributed by atoms with E-state index < -0.39 is 10.0 Å². The lowest BCUT2D eigenvalue weighted by Gasteiger charge is -2.22. The predicted molar refractivity (Wildman–Crippen MR) is 120 cm³/mol. The van der Waals surface area contributed by atoms with Gasteiger partial charge in [-0.25, -0.2) is 8.42 Å². The molecule has 6 nitrogen and oxygen atoms in total. The van der Waals surface area contributed by atoms with Gasteiger partial charge < -0.3 is 5.32 Å². The van der Waals surface area contributed by atoms with Gasteiger partial charge >= 0.3 is 0 Å². The van der Waals surface area contributed by atoms with Crippen LogP contribution in [0.15, 0.2) is 53.7 Å². The standard InChI is InChI=1S/C23H27N3O3S/c1-5-11-26(15-22(27)25-23-17(3)12-16(2)13-18(23)4)30(28,29)21-8-6-7-19-14-24-10-9-20(19)21/h6-10,12-14H,5,11,15H2,1-4H3,(H,25,27). The summed E-state index contributed by atoms with van der Waals surface area (Å²) in [6.45, 7) is 7.76. The number of benzene rings is 2. The highest BCUT2D eigenvalue weighted by Crippen LogP contribution is 2.26. The van der Waals surface area contributed by atoms with Crippen LogP contribution in [0, 0.1) is 20.8 Å². The molecule has 3 aromatic rings. The number of anilines is 1. The van der Waals surface area contributed by atoms with Gasteiger partial charge in [-0.05, 0) is 50.5 Å². The number of aryl methyl sites for hydroxylation is 3. The lowest BCUT2D eigenvalue weighted by molar-refractivity contribution is -0.116. The third kappa shape index (κ3) is 4.52. The van der Waals surface area contributed by atoms with Crippen molar-refractivity contribution in [3.63, 3.8) is 0 Å². The van der Waals surface area contributed by atoms with Crippen molar-refractivity contribution >= 4 is 32.4 Å². The van der Waals surface area contributed by atoms with E-state index in [2.05, 4.69) is 10.3 Å². The van der Waals surface area contributed by atoms with Gasteiger partial charge in [0.15, 0.2) is 0 Å². The number of pyridine rings is 1. The third-order valence-corrected chi connectivity index (χ3v) is 6.90. The molecule has 0 fully saturated rings. The summed E-state index contributed by atoms with van der Waals surface area (Å²) in [4.78, 5) is 17.1. The van der Waals surface area contributed by atoms with E-state index in [4.69, 9.17) is 0 Å². The molecule has 1 amide bonds. The van der Waals surface area contributed by atoms with Crippen LogP contribution in [0.4, 0.5) is 5.69 Å². The Labute approximate surface area is 178 Å². The average molecular weight is 426 g/mol. The summed E-state index contributed by atoms with van der Waals surface area (Å²) in [6.07, 6.45) is 3.80. The summed E-state index contributed by atoms with van der Waals surface area (Å²) >= 11 is 0. The second kappa shape index (κ2) is 8.93. The maximum atomic E-state index is 13.4. The fourth-order valence-corrected chi connectivity index (χ4v) is 5.41. The van der Waals surface area contributed by atoms with E-state index in [0.717, 1.165) is 27.8 Å². The zero-order chi connectivity index (χ0) is 21.9. The Bertz CT molecular complexity index is 1160. The molecule has 0 saturated heterocycles. The molecular weight excluding hydrogens is 398 g/mol. The molecule has 0 aliphatic carbocycles. The summed E-state index contributed by atoms with van der Waals surface area (Å²) < 4.78 is 28.1. The zero-order valence-electron chi connectivity index (χ0n) is 17.8.